The lowest BCUT2D eigenvalue weighted by atomic mass is 9.96. The lowest BCUT2D eigenvalue weighted by molar-refractivity contribution is 0.0728. The number of anilines is 1. The molecule has 0 saturated heterocycles. The number of nitrogens with zero attached hydrogens (tertiary/aromatic N) is 6. The summed E-state index contributed by atoms with van der Waals surface area (Å²) in [6.07, 6.45) is 4.19. The van der Waals surface area contributed by atoms with Crippen molar-refractivity contribution in [1.29, 1.82) is 0 Å². The Kier molecular flexibility index (Phi) is 6.07. The quantitative estimate of drug-likeness (QED) is 0.436. The molecule has 1 unspecified atom stereocenters. The molecule has 1 N–H and O–H groups in total. The molecule has 10 nitrogen and oxygen atoms in total. The van der Waals surface area contributed by atoms with Crippen LogP contribution in [0, 0.1) is 0 Å². The first-order valence-corrected chi connectivity index (χ1v) is 12.6. The molecule has 38 heavy (non-hydrogen) atoms. The number of ether oxygens (including phenoxy) is 1. The summed E-state index contributed by atoms with van der Waals surface area (Å²) in [4.78, 5) is 36.9. The van der Waals surface area contributed by atoms with Crippen LogP contribution in [0.1, 0.15) is 57.2 Å². The van der Waals surface area contributed by atoms with E-state index >= 15 is 0 Å². The summed E-state index contributed by atoms with van der Waals surface area (Å²) in [5, 5.41) is 11.5. The fourth-order valence-corrected chi connectivity index (χ4v) is 5.17. The molecule has 2 aliphatic heterocycles. The van der Waals surface area contributed by atoms with Crippen LogP contribution in [-0.2, 0) is 19.4 Å². The van der Waals surface area contributed by atoms with Gasteiger partial charge in [0.1, 0.15) is 28.8 Å². The molecule has 0 bridgehead atoms. The highest BCUT2D eigenvalue weighted by molar-refractivity contribution is 6.06. The van der Waals surface area contributed by atoms with Crippen molar-refractivity contribution in [3.8, 4) is 17.3 Å². The fourth-order valence-electron chi connectivity index (χ4n) is 5.17. The Morgan fingerprint density at radius 3 is 2.76 bits per heavy atom. The monoisotopic (exact) mass is 509 g/mol. The Morgan fingerprint density at radius 2 is 1.95 bits per heavy atom. The first-order chi connectivity index (χ1) is 18.5. The maximum absolute atomic E-state index is 13.4. The van der Waals surface area contributed by atoms with E-state index < -0.39 is 0 Å². The van der Waals surface area contributed by atoms with E-state index in [1.54, 1.807) is 48.5 Å². The summed E-state index contributed by atoms with van der Waals surface area (Å²) >= 11 is 0. The second kappa shape index (κ2) is 9.70. The van der Waals surface area contributed by atoms with Gasteiger partial charge in [0.05, 0.1) is 12.7 Å². The molecule has 5 heterocycles. The topological polar surface area (TPSA) is 115 Å². The lowest BCUT2D eigenvalue weighted by Crippen LogP contribution is -2.36. The van der Waals surface area contributed by atoms with E-state index in [1.165, 1.54) is 0 Å². The minimum absolute atomic E-state index is 0.131. The highest BCUT2D eigenvalue weighted by atomic mass is 16.5. The van der Waals surface area contributed by atoms with Gasteiger partial charge in [-0.05, 0) is 67.3 Å². The van der Waals surface area contributed by atoms with Crippen molar-refractivity contribution < 1.29 is 14.3 Å². The van der Waals surface area contributed by atoms with E-state index in [4.69, 9.17) is 4.74 Å². The van der Waals surface area contributed by atoms with Crippen LogP contribution in [0.4, 0.5) is 5.82 Å². The normalized spacial score (nSPS) is 16.1. The average Bonchev–Trinajstić information content (AvgIpc) is 3.55. The van der Waals surface area contributed by atoms with Crippen molar-refractivity contribution in [2.24, 2.45) is 0 Å². The van der Waals surface area contributed by atoms with Crippen LogP contribution in [0.25, 0.3) is 11.5 Å². The number of pyridine rings is 2. The van der Waals surface area contributed by atoms with E-state index in [2.05, 4.69) is 37.0 Å². The number of benzene rings is 1. The van der Waals surface area contributed by atoms with E-state index in [0.29, 0.717) is 59.9 Å². The second-order valence-electron chi connectivity index (χ2n) is 9.57. The van der Waals surface area contributed by atoms with Gasteiger partial charge in [-0.25, -0.2) is 4.98 Å². The molecule has 1 aromatic carbocycles. The largest absolute Gasteiger partial charge is 0.496 e. The molecule has 0 radical (unpaired) electrons. The van der Waals surface area contributed by atoms with E-state index in [1.807, 2.05) is 18.2 Å². The minimum Gasteiger partial charge on any atom is -0.496 e. The second-order valence-corrected chi connectivity index (χ2v) is 9.57. The van der Waals surface area contributed by atoms with Crippen molar-refractivity contribution >= 4 is 17.6 Å². The van der Waals surface area contributed by atoms with Crippen molar-refractivity contribution in [1.82, 2.24) is 29.6 Å². The average molecular weight is 510 g/mol. The fraction of sp³-hybridized carbons (Fsp3) is 0.286. The van der Waals surface area contributed by atoms with Crippen LogP contribution in [0.15, 0.2) is 54.7 Å². The predicted octanol–water partition coefficient (Wildman–Crippen LogP) is 3.70. The summed E-state index contributed by atoms with van der Waals surface area (Å²) in [5.41, 5.74) is 3.39. The third kappa shape index (κ3) is 4.27. The Balaban J connectivity index is 1.25. The smallest absolute Gasteiger partial charge is 0.272 e. The Hall–Kier alpha value is -4.60. The van der Waals surface area contributed by atoms with E-state index in [-0.39, 0.29) is 11.8 Å². The number of amides is 2. The number of methoxy groups -OCH3 is 1. The highest BCUT2D eigenvalue weighted by Crippen LogP contribution is 2.31. The number of rotatable bonds is 5. The SMILES string of the molecule is COc1cc2c(cc1C(=O)Nc1cccc(-c3nnc4n3C(C)CC4)n1)CN(C(=O)c1ccccn1)CC2. The highest BCUT2D eigenvalue weighted by Gasteiger charge is 2.27. The standard InChI is InChI=1S/C28H27N7O3/c1-17-9-10-25-32-33-26(35(17)25)21-7-5-8-24(30-21)31-27(36)20-14-19-16-34(13-11-18(19)15-23(20)38-2)28(37)22-6-3-4-12-29-22/h3-8,12,14-15,17H,9-11,13,16H2,1-2H3,(H,30,31,36). The molecule has 0 aliphatic carbocycles. The molecular formula is C28H27N7O3. The number of fused-ring (bicyclic) bond motifs is 2. The number of hydrogen-bond donors (Lipinski definition) is 1. The van der Waals surface area contributed by atoms with Crippen molar-refractivity contribution in [2.75, 3.05) is 19.0 Å². The maximum Gasteiger partial charge on any atom is 0.272 e. The lowest BCUT2D eigenvalue weighted by Gasteiger charge is -2.29. The minimum atomic E-state index is -0.345. The predicted molar refractivity (Wildman–Crippen MR) is 140 cm³/mol. The van der Waals surface area contributed by atoms with Gasteiger partial charge >= 0.3 is 0 Å². The summed E-state index contributed by atoms with van der Waals surface area (Å²) in [5.74, 6) is 2.06. The van der Waals surface area contributed by atoms with Crippen molar-refractivity contribution in [3.05, 3.63) is 82.9 Å². The summed E-state index contributed by atoms with van der Waals surface area (Å²) in [7, 11) is 1.55. The third-order valence-electron chi connectivity index (χ3n) is 7.16. The number of hydrogen-bond acceptors (Lipinski definition) is 7. The molecule has 2 amide bonds. The first kappa shape index (κ1) is 23.8. The Morgan fingerprint density at radius 1 is 1.05 bits per heavy atom. The third-order valence-corrected chi connectivity index (χ3v) is 7.16. The zero-order valence-corrected chi connectivity index (χ0v) is 21.2. The van der Waals surface area contributed by atoms with Crippen LogP contribution in [0.5, 0.6) is 5.75 Å². The van der Waals surface area contributed by atoms with Gasteiger partial charge in [-0.3, -0.25) is 14.6 Å². The molecule has 1 atom stereocenters. The molecule has 2 aliphatic rings. The molecule has 0 fully saturated rings. The van der Waals surface area contributed by atoms with Gasteiger partial charge in [-0.2, -0.15) is 0 Å². The first-order valence-electron chi connectivity index (χ1n) is 12.6. The Bertz CT molecular complexity index is 1530. The summed E-state index contributed by atoms with van der Waals surface area (Å²) < 4.78 is 7.67. The van der Waals surface area contributed by atoms with Gasteiger partial charge in [0.25, 0.3) is 11.8 Å². The zero-order valence-electron chi connectivity index (χ0n) is 21.2. The van der Waals surface area contributed by atoms with Gasteiger partial charge in [0, 0.05) is 31.7 Å². The van der Waals surface area contributed by atoms with Crippen molar-refractivity contribution in [3.63, 3.8) is 0 Å². The molecule has 4 aromatic rings. The Labute approximate surface area is 219 Å². The zero-order chi connectivity index (χ0) is 26.2. The van der Waals surface area contributed by atoms with Crippen LogP contribution in [-0.4, -0.2) is 55.1 Å². The van der Waals surface area contributed by atoms with Gasteiger partial charge in [-0.15, -0.1) is 10.2 Å². The maximum atomic E-state index is 13.4. The number of aromatic nitrogens is 5. The van der Waals surface area contributed by atoms with Gasteiger partial charge in [0.2, 0.25) is 0 Å². The van der Waals surface area contributed by atoms with Gasteiger partial charge in [0.15, 0.2) is 5.82 Å². The van der Waals surface area contributed by atoms with Crippen LogP contribution in [0.3, 0.4) is 0 Å². The molecule has 6 rings (SSSR count). The van der Waals surface area contributed by atoms with Crippen molar-refractivity contribution in [2.45, 2.75) is 38.8 Å². The molecule has 10 heteroatoms. The van der Waals surface area contributed by atoms with E-state index in [0.717, 1.165) is 29.8 Å². The number of carbonyl (C=O) groups excluding carboxylic acids is 2. The van der Waals surface area contributed by atoms with Gasteiger partial charge in [-0.1, -0.05) is 12.1 Å². The number of aryl methyl sites for hydroxylation is 1. The molecular weight excluding hydrogens is 482 g/mol. The number of carbonyl (C=O) groups is 2. The summed E-state index contributed by atoms with van der Waals surface area (Å²) in [6, 6.07) is 14.7. The molecule has 0 saturated carbocycles. The van der Waals surface area contributed by atoms with Gasteiger partial charge < -0.3 is 19.5 Å². The molecule has 192 valence electrons. The molecule has 0 spiro atoms. The van der Waals surface area contributed by atoms with Crippen LogP contribution in [0.2, 0.25) is 0 Å². The van der Waals surface area contributed by atoms with Crippen LogP contribution < -0.4 is 10.1 Å². The number of nitrogens with one attached hydrogen (secondary N) is 1. The summed E-state index contributed by atoms with van der Waals surface area (Å²) in [6.45, 7) is 3.10. The molecule has 3 aromatic heterocycles. The van der Waals surface area contributed by atoms with Crippen LogP contribution >= 0.6 is 0 Å². The van der Waals surface area contributed by atoms with E-state index in [9.17, 15) is 9.59 Å².